The number of aryl methyl sites for hydroxylation is 2. The molecule has 0 atom stereocenters. The molecule has 0 spiro atoms. The SMILES string of the molecule is CCOC(=O)Nc1nnc(SCC(=O)Nc2ccc3c(c2)CCC3)s1. The molecule has 0 unspecified atom stereocenters. The summed E-state index contributed by atoms with van der Waals surface area (Å²) in [5, 5.41) is 13.5. The number of anilines is 2. The Morgan fingerprint density at radius 1 is 1.24 bits per heavy atom. The van der Waals surface area contributed by atoms with Gasteiger partial charge in [-0.3, -0.25) is 10.1 Å². The molecule has 132 valence electrons. The third kappa shape index (κ3) is 4.93. The average molecular weight is 378 g/mol. The van der Waals surface area contributed by atoms with Gasteiger partial charge in [0.2, 0.25) is 11.0 Å². The van der Waals surface area contributed by atoms with E-state index in [0.29, 0.717) is 9.47 Å². The predicted octanol–water partition coefficient (Wildman–Crippen LogP) is 3.33. The second-order valence-electron chi connectivity index (χ2n) is 5.39. The first-order chi connectivity index (χ1) is 12.1. The first-order valence-electron chi connectivity index (χ1n) is 7.96. The van der Waals surface area contributed by atoms with Gasteiger partial charge in [-0.05, 0) is 49.4 Å². The number of amides is 2. The molecule has 1 heterocycles. The molecular weight excluding hydrogens is 360 g/mol. The largest absolute Gasteiger partial charge is 0.450 e. The van der Waals surface area contributed by atoms with Gasteiger partial charge in [0, 0.05) is 5.69 Å². The van der Waals surface area contributed by atoms with Crippen molar-refractivity contribution in [2.24, 2.45) is 0 Å². The standard InChI is InChI=1S/C16H18N4O3S2/c1-2-23-15(22)18-14-19-20-16(25-14)24-9-13(21)17-12-7-6-10-4-3-5-11(10)8-12/h6-8H,2-5,9H2,1H3,(H,17,21)(H,18,19,22). The smallest absolute Gasteiger partial charge is 0.413 e. The number of carbonyl (C=O) groups excluding carboxylic acids is 2. The number of thioether (sulfide) groups is 1. The van der Waals surface area contributed by atoms with Crippen molar-refractivity contribution in [1.82, 2.24) is 10.2 Å². The second kappa shape index (κ2) is 8.30. The highest BCUT2D eigenvalue weighted by Gasteiger charge is 2.13. The molecule has 2 N–H and O–H groups in total. The van der Waals surface area contributed by atoms with Gasteiger partial charge in [-0.1, -0.05) is 29.2 Å². The van der Waals surface area contributed by atoms with Crippen LogP contribution in [0.2, 0.25) is 0 Å². The van der Waals surface area contributed by atoms with Crippen molar-refractivity contribution in [1.29, 1.82) is 0 Å². The van der Waals surface area contributed by atoms with Crippen molar-refractivity contribution in [3.8, 4) is 0 Å². The molecule has 1 aromatic carbocycles. The summed E-state index contributed by atoms with van der Waals surface area (Å²) in [5.74, 6) is 0.128. The van der Waals surface area contributed by atoms with Crippen molar-refractivity contribution < 1.29 is 14.3 Å². The lowest BCUT2D eigenvalue weighted by Crippen LogP contribution is -2.14. The number of fused-ring (bicyclic) bond motifs is 1. The van der Waals surface area contributed by atoms with Gasteiger partial charge in [-0.2, -0.15) is 0 Å². The summed E-state index contributed by atoms with van der Waals surface area (Å²) in [6, 6.07) is 6.08. The quantitative estimate of drug-likeness (QED) is 0.592. The lowest BCUT2D eigenvalue weighted by molar-refractivity contribution is -0.113. The Morgan fingerprint density at radius 3 is 2.92 bits per heavy atom. The minimum Gasteiger partial charge on any atom is -0.450 e. The number of hydrogen-bond acceptors (Lipinski definition) is 7. The number of aromatic nitrogens is 2. The fraction of sp³-hybridized carbons (Fsp3) is 0.375. The highest BCUT2D eigenvalue weighted by molar-refractivity contribution is 8.01. The Kier molecular flexibility index (Phi) is 5.87. The van der Waals surface area contributed by atoms with Crippen molar-refractivity contribution >= 4 is 45.9 Å². The fourth-order valence-corrected chi connectivity index (χ4v) is 4.08. The van der Waals surface area contributed by atoms with Gasteiger partial charge in [0.1, 0.15) is 0 Å². The van der Waals surface area contributed by atoms with Gasteiger partial charge in [0.25, 0.3) is 0 Å². The summed E-state index contributed by atoms with van der Waals surface area (Å²) >= 11 is 2.48. The Morgan fingerprint density at radius 2 is 2.08 bits per heavy atom. The fourth-order valence-electron chi connectivity index (χ4n) is 2.55. The minimum absolute atomic E-state index is 0.0990. The van der Waals surface area contributed by atoms with Gasteiger partial charge in [0.15, 0.2) is 4.34 Å². The maximum Gasteiger partial charge on any atom is 0.413 e. The molecule has 0 saturated carbocycles. The highest BCUT2D eigenvalue weighted by Crippen LogP contribution is 2.27. The van der Waals surface area contributed by atoms with Crippen LogP contribution in [0.15, 0.2) is 22.5 Å². The molecule has 0 aliphatic heterocycles. The zero-order valence-corrected chi connectivity index (χ0v) is 15.3. The van der Waals surface area contributed by atoms with Crippen LogP contribution in [0.4, 0.5) is 15.6 Å². The third-order valence-electron chi connectivity index (χ3n) is 3.60. The van der Waals surface area contributed by atoms with E-state index in [2.05, 4.69) is 33.0 Å². The van der Waals surface area contributed by atoms with E-state index in [1.165, 1.54) is 40.6 Å². The molecule has 2 aromatic rings. The molecule has 2 amide bonds. The molecule has 7 nitrogen and oxygen atoms in total. The lowest BCUT2D eigenvalue weighted by atomic mass is 10.1. The maximum absolute atomic E-state index is 12.1. The summed E-state index contributed by atoms with van der Waals surface area (Å²) in [6.45, 7) is 2.01. The average Bonchev–Trinajstić information content (AvgIpc) is 3.21. The molecule has 25 heavy (non-hydrogen) atoms. The monoisotopic (exact) mass is 378 g/mol. The Labute approximate surface area is 153 Å². The second-order valence-corrected chi connectivity index (χ2v) is 7.59. The van der Waals surface area contributed by atoms with Crippen molar-refractivity contribution in [3.05, 3.63) is 29.3 Å². The van der Waals surface area contributed by atoms with E-state index in [4.69, 9.17) is 4.74 Å². The summed E-state index contributed by atoms with van der Waals surface area (Å²) in [6.07, 6.45) is 2.82. The first-order valence-corrected chi connectivity index (χ1v) is 9.76. The van der Waals surface area contributed by atoms with Crippen LogP contribution in [0.25, 0.3) is 0 Å². The van der Waals surface area contributed by atoms with Crippen molar-refractivity contribution in [2.75, 3.05) is 23.0 Å². The summed E-state index contributed by atoms with van der Waals surface area (Å²) in [7, 11) is 0. The molecule has 0 bridgehead atoms. The molecule has 1 aliphatic rings. The van der Waals surface area contributed by atoms with Crippen LogP contribution in [0, 0.1) is 0 Å². The van der Waals surface area contributed by atoms with Crippen LogP contribution in [0.5, 0.6) is 0 Å². The van der Waals surface area contributed by atoms with Gasteiger partial charge in [-0.15, -0.1) is 10.2 Å². The highest BCUT2D eigenvalue weighted by atomic mass is 32.2. The molecule has 1 aromatic heterocycles. The van der Waals surface area contributed by atoms with Crippen LogP contribution in [-0.2, 0) is 22.4 Å². The maximum atomic E-state index is 12.1. The molecule has 0 radical (unpaired) electrons. The zero-order chi connectivity index (χ0) is 17.6. The third-order valence-corrected chi connectivity index (χ3v) is 5.57. The van der Waals surface area contributed by atoms with E-state index in [9.17, 15) is 9.59 Å². The molecule has 0 saturated heterocycles. The van der Waals surface area contributed by atoms with E-state index in [0.717, 1.165) is 18.5 Å². The summed E-state index contributed by atoms with van der Waals surface area (Å²) < 4.78 is 5.38. The number of nitrogens with zero attached hydrogens (tertiary/aromatic N) is 2. The van der Waals surface area contributed by atoms with Crippen LogP contribution < -0.4 is 10.6 Å². The molecular formula is C16H18N4O3S2. The number of carbonyl (C=O) groups is 2. The molecule has 0 fully saturated rings. The number of nitrogens with one attached hydrogen (secondary N) is 2. The summed E-state index contributed by atoms with van der Waals surface area (Å²) in [4.78, 5) is 23.4. The van der Waals surface area contributed by atoms with Gasteiger partial charge in [0.05, 0.1) is 12.4 Å². The van der Waals surface area contributed by atoms with Crippen molar-refractivity contribution in [2.45, 2.75) is 30.5 Å². The van der Waals surface area contributed by atoms with Crippen LogP contribution in [-0.4, -0.2) is 34.6 Å². The Balaban J connectivity index is 1.47. The normalized spacial score (nSPS) is 12.5. The molecule has 3 rings (SSSR count). The number of rotatable bonds is 6. The topological polar surface area (TPSA) is 93.2 Å². The predicted molar refractivity (Wildman–Crippen MR) is 98.4 cm³/mol. The van der Waals surface area contributed by atoms with Crippen molar-refractivity contribution in [3.63, 3.8) is 0 Å². The van der Waals surface area contributed by atoms with E-state index in [1.807, 2.05) is 6.07 Å². The van der Waals surface area contributed by atoms with Crippen LogP contribution in [0.3, 0.4) is 0 Å². The first kappa shape index (κ1) is 17.7. The van der Waals surface area contributed by atoms with Crippen LogP contribution >= 0.6 is 23.1 Å². The van der Waals surface area contributed by atoms with E-state index in [1.54, 1.807) is 6.92 Å². The Hall–Kier alpha value is -2.13. The van der Waals surface area contributed by atoms with Crippen LogP contribution in [0.1, 0.15) is 24.5 Å². The number of benzene rings is 1. The van der Waals surface area contributed by atoms with Gasteiger partial charge < -0.3 is 10.1 Å². The molecule has 9 heteroatoms. The van der Waals surface area contributed by atoms with E-state index < -0.39 is 6.09 Å². The molecule has 1 aliphatic carbocycles. The van der Waals surface area contributed by atoms with Gasteiger partial charge in [-0.25, -0.2) is 4.79 Å². The lowest BCUT2D eigenvalue weighted by Gasteiger charge is -2.06. The van der Waals surface area contributed by atoms with E-state index in [-0.39, 0.29) is 18.3 Å². The van der Waals surface area contributed by atoms with Gasteiger partial charge >= 0.3 is 6.09 Å². The van der Waals surface area contributed by atoms with E-state index >= 15 is 0 Å². The number of hydrogen-bond donors (Lipinski definition) is 2. The minimum atomic E-state index is -0.565. The Bertz CT molecular complexity index is 778. The zero-order valence-electron chi connectivity index (χ0n) is 13.7. The summed E-state index contributed by atoms with van der Waals surface area (Å²) in [5.41, 5.74) is 3.53. The number of ether oxygens (including phenoxy) is 1.